The molecule has 0 heterocycles. The first kappa shape index (κ1) is 15.3. The van der Waals surface area contributed by atoms with Crippen LogP contribution in [-0.4, -0.2) is 37.3 Å². The average Bonchev–Trinajstić information content (AvgIpc) is 1.83. The molecule has 1 atom stereocenters. The van der Waals surface area contributed by atoms with Crippen LogP contribution in [0.3, 0.4) is 0 Å². The summed E-state index contributed by atoms with van der Waals surface area (Å²) >= 11 is 0. The molecule has 0 aromatic rings. The van der Waals surface area contributed by atoms with E-state index in [1.54, 1.807) is 14.0 Å². The zero-order valence-electron chi connectivity index (χ0n) is 9.33. The molecule has 4 heteroatoms. The van der Waals surface area contributed by atoms with E-state index in [9.17, 15) is 0 Å². The molecule has 0 rings (SSSR count). The minimum absolute atomic E-state index is 0. The monoisotopic (exact) mass is 193 g/mol. The minimum atomic E-state index is -0.676. The Labute approximate surface area is 81.0 Å². The summed E-state index contributed by atoms with van der Waals surface area (Å²) in [7, 11) is 1.59. The normalized spacial score (nSPS) is 13.2. The van der Waals surface area contributed by atoms with Gasteiger partial charge in [-0.2, -0.15) is 0 Å². The molecule has 0 amide bonds. The third kappa shape index (κ3) is 48.9. The molecule has 0 aromatic carbocycles. The molecule has 0 saturated carbocycles. The summed E-state index contributed by atoms with van der Waals surface area (Å²) in [5.74, 6) is 0. The van der Waals surface area contributed by atoms with Gasteiger partial charge < -0.3 is 20.3 Å². The highest BCUT2D eigenvalue weighted by molar-refractivity contribution is 4.60. The maximum Gasteiger partial charge on any atom is 0.151 e. The third-order valence-corrected chi connectivity index (χ3v) is 0.647. The molecule has 1 unspecified atom stereocenters. The van der Waals surface area contributed by atoms with Crippen molar-refractivity contribution in [2.75, 3.05) is 20.3 Å². The van der Waals surface area contributed by atoms with Crippen molar-refractivity contribution in [3.8, 4) is 0 Å². The van der Waals surface area contributed by atoms with Crippen LogP contribution in [0, 0.1) is 0 Å². The first-order valence-electron chi connectivity index (χ1n) is 4.35. The van der Waals surface area contributed by atoms with Gasteiger partial charge >= 0.3 is 0 Å². The van der Waals surface area contributed by atoms with Gasteiger partial charge in [0.2, 0.25) is 0 Å². The molecule has 3 N–H and O–H groups in total. The van der Waals surface area contributed by atoms with E-state index in [0.29, 0.717) is 13.2 Å². The first-order valence-corrected chi connectivity index (χ1v) is 4.35. The Kier molecular flexibility index (Phi) is 9.94. The molecular formula is C9H23NO3. The van der Waals surface area contributed by atoms with Gasteiger partial charge in [-0.15, -0.1) is 0 Å². The number of methoxy groups -OCH3 is 1. The van der Waals surface area contributed by atoms with Gasteiger partial charge in [0.05, 0.1) is 13.2 Å². The third-order valence-electron chi connectivity index (χ3n) is 0.647. The number of aliphatic hydroxyl groups is 1. The van der Waals surface area contributed by atoms with Gasteiger partial charge in [0, 0.05) is 12.6 Å². The largest absolute Gasteiger partial charge is 0.382 e. The van der Waals surface area contributed by atoms with Crippen LogP contribution < -0.4 is 5.73 Å². The van der Waals surface area contributed by atoms with Crippen LogP contribution in [0.4, 0.5) is 0 Å². The van der Waals surface area contributed by atoms with E-state index in [1.165, 1.54) is 0 Å². The van der Waals surface area contributed by atoms with E-state index in [0.717, 1.165) is 0 Å². The minimum Gasteiger partial charge on any atom is -0.382 e. The van der Waals surface area contributed by atoms with Gasteiger partial charge in [0.25, 0.3) is 0 Å². The smallest absolute Gasteiger partial charge is 0.151 e. The molecule has 0 aliphatic rings. The summed E-state index contributed by atoms with van der Waals surface area (Å²) in [6, 6.07) is 0. The van der Waals surface area contributed by atoms with Crippen LogP contribution in [0.2, 0.25) is 0 Å². The van der Waals surface area contributed by atoms with Crippen LogP contribution in [0.5, 0.6) is 0 Å². The predicted octanol–water partition coefficient (Wildman–Crippen LogP) is 0.731. The fraction of sp³-hybridized carbons (Fsp3) is 1.00. The molecule has 4 nitrogen and oxygen atoms in total. The molecule has 13 heavy (non-hydrogen) atoms. The Bertz CT molecular complexity index is 93.5. The summed E-state index contributed by atoms with van der Waals surface area (Å²) in [6.45, 7) is 8.45. The number of rotatable bonds is 4. The SMILES string of the molecule is CC(C)(C)N.COCCOC(C)O. The summed E-state index contributed by atoms with van der Waals surface area (Å²) in [5.41, 5.74) is 5.35. The van der Waals surface area contributed by atoms with E-state index in [2.05, 4.69) is 4.74 Å². The number of hydrogen-bond acceptors (Lipinski definition) is 4. The Morgan fingerprint density at radius 2 is 1.69 bits per heavy atom. The van der Waals surface area contributed by atoms with Crippen LogP contribution >= 0.6 is 0 Å². The second kappa shape index (κ2) is 8.44. The fourth-order valence-electron chi connectivity index (χ4n) is 0.302. The van der Waals surface area contributed by atoms with Crippen LogP contribution in [-0.2, 0) is 9.47 Å². The molecule has 0 saturated heterocycles. The predicted molar refractivity (Wildman–Crippen MR) is 53.4 cm³/mol. The van der Waals surface area contributed by atoms with Crippen molar-refractivity contribution >= 4 is 0 Å². The van der Waals surface area contributed by atoms with Gasteiger partial charge in [0.15, 0.2) is 6.29 Å². The lowest BCUT2D eigenvalue weighted by Crippen LogP contribution is -2.26. The molecule has 0 spiro atoms. The Morgan fingerprint density at radius 1 is 1.31 bits per heavy atom. The van der Waals surface area contributed by atoms with Crippen LogP contribution in [0.25, 0.3) is 0 Å². The molecular weight excluding hydrogens is 170 g/mol. The maximum atomic E-state index is 8.50. The quantitative estimate of drug-likeness (QED) is 0.510. The first-order chi connectivity index (χ1) is 5.77. The van der Waals surface area contributed by atoms with E-state index in [-0.39, 0.29) is 5.54 Å². The lowest BCUT2D eigenvalue weighted by molar-refractivity contribution is -0.0962. The number of hydrogen-bond donors (Lipinski definition) is 2. The zero-order valence-corrected chi connectivity index (χ0v) is 9.33. The van der Waals surface area contributed by atoms with Crippen molar-refractivity contribution < 1.29 is 14.6 Å². The highest BCUT2D eigenvalue weighted by Crippen LogP contribution is 1.88. The van der Waals surface area contributed by atoms with Crippen molar-refractivity contribution in [1.82, 2.24) is 0 Å². The van der Waals surface area contributed by atoms with E-state index < -0.39 is 6.29 Å². The summed E-state index contributed by atoms with van der Waals surface area (Å²) in [5, 5.41) is 8.50. The maximum absolute atomic E-state index is 8.50. The van der Waals surface area contributed by atoms with Crippen molar-refractivity contribution in [3.05, 3.63) is 0 Å². The van der Waals surface area contributed by atoms with Gasteiger partial charge in [-0.3, -0.25) is 0 Å². The Morgan fingerprint density at radius 3 is 1.92 bits per heavy atom. The molecule has 0 fully saturated rings. The summed E-state index contributed by atoms with van der Waals surface area (Å²) in [4.78, 5) is 0. The van der Waals surface area contributed by atoms with Crippen LogP contribution in [0.1, 0.15) is 27.7 Å². The topological polar surface area (TPSA) is 64.7 Å². The van der Waals surface area contributed by atoms with Gasteiger partial charge in [0.1, 0.15) is 0 Å². The molecule has 0 aliphatic carbocycles. The van der Waals surface area contributed by atoms with Gasteiger partial charge in [-0.05, 0) is 27.7 Å². The Balaban J connectivity index is 0. The Hall–Kier alpha value is -0.160. The average molecular weight is 193 g/mol. The van der Waals surface area contributed by atoms with Crippen molar-refractivity contribution in [2.45, 2.75) is 39.5 Å². The standard InChI is InChI=1S/C5H12O3.C4H11N/c1-5(6)8-4-3-7-2;1-4(2,3)5/h5-6H,3-4H2,1-2H3;5H2,1-3H3. The molecule has 0 aromatic heterocycles. The number of aliphatic hydroxyl groups excluding tert-OH is 1. The van der Waals surface area contributed by atoms with Gasteiger partial charge in [-0.1, -0.05) is 0 Å². The molecule has 0 aliphatic heterocycles. The second-order valence-corrected chi connectivity index (χ2v) is 3.83. The number of ether oxygens (including phenoxy) is 2. The number of nitrogens with two attached hydrogens (primary N) is 1. The molecule has 0 radical (unpaired) electrons. The highest BCUT2D eigenvalue weighted by Gasteiger charge is 1.95. The lowest BCUT2D eigenvalue weighted by atomic mass is 10.1. The molecule has 0 bridgehead atoms. The summed E-state index contributed by atoms with van der Waals surface area (Å²) < 4.78 is 9.37. The van der Waals surface area contributed by atoms with E-state index in [4.69, 9.17) is 15.6 Å². The van der Waals surface area contributed by atoms with E-state index in [1.807, 2.05) is 20.8 Å². The lowest BCUT2D eigenvalue weighted by Gasteiger charge is -2.06. The molecule has 82 valence electrons. The fourth-order valence-corrected chi connectivity index (χ4v) is 0.302. The van der Waals surface area contributed by atoms with E-state index >= 15 is 0 Å². The van der Waals surface area contributed by atoms with Crippen LogP contribution in [0.15, 0.2) is 0 Å². The second-order valence-electron chi connectivity index (χ2n) is 3.83. The van der Waals surface area contributed by atoms with Gasteiger partial charge in [-0.25, -0.2) is 0 Å². The van der Waals surface area contributed by atoms with Crippen molar-refractivity contribution in [1.29, 1.82) is 0 Å². The zero-order chi connectivity index (χ0) is 10.9. The van der Waals surface area contributed by atoms with Crippen molar-refractivity contribution in [2.24, 2.45) is 5.73 Å². The highest BCUT2D eigenvalue weighted by atomic mass is 16.6. The van der Waals surface area contributed by atoms with Crippen molar-refractivity contribution in [3.63, 3.8) is 0 Å². The summed E-state index contributed by atoms with van der Waals surface area (Å²) in [6.07, 6.45) is -0.676.